The minimum Gasteiger partial charge on any atom is -0.478 e. The summed E-state index contributed by atoms with van der Waals surface area (Å²) < 4.78 is 0. The highest BCUT2D eigenvalue weighted by Gasteiger charge is 2.19. The Balaban J connectivity index is 1.83. The Morgan fingerprint density at radius 3 is 2.55 bits per heavy atom. The molecule has 1 amide bonds. The Morgan fingerprint density at radius 1 is 1.18 bits per heavy atom. The molecule has 1 aromatic rings. The van der Waals surface area contributed by atoms with Crippen LogP contribution in [0.3, 0.4) is 0 Å². The van der Waals surface area contributed by atoms with Crippen LogP contribution in [0.1, 0.15) is 54.9 Å². The Labute approximate surface area is 132 Å². The number of carbonyl (C=O) groups excluding carboxylic acids is 1. The van der Waals surface area contributed by atoms with Gasteiger partial charge in [-0.1, -0.05) is 25.5 Å². The topological polar surface area (TPSA) is 57.6 Å². The molecule has 0 aliphatic carbocycles. The molecule has 1 aliphatic heterocycles. The lowest BCUT2D eigenvalue weighted by molar-refractivity contribution is -0.131. The largest absolute Gasteiger partial charge is 0.478 e. The van der Waals surface area contributed by atoms with Crippen LogP contribution in [0.4, 0.5) is 0 Å². The summed E-state index contributed by atoms with van der Waals surface area (Å²) in [5.74, 6) is 0.0677. The first-order valence-corrected chi connectivity index (χ1v) is 8.20. The molecule has 0 spiro atoms. The molecule has 0 bridgehead atoms. The van der Waals surface area contributed by atoms with E-state index in [9.17, 15) is 9.59 Å². The van der Waals surface area contributed by atoms with Gasteiger partial charge in [-0.3, -0.25) is 4.79 Å². The van der Waals surface area contributed by atoms with Crippen LogP contribution in [0.5, 0.6) is 0 Å². The fourth-order valence-corrected chi connectivity index (χ4v) is 3.05. The number of hydrogen-bond acceptors (Lipinski definition) is 2. The summed E-state index contributed by atoms with van der Waals surface area (Å²) in [4.78, 5) is 25.1. The van der Waals surface area contributed by atoms with E-state index >= 15 is 0 Å². The van der Waals surface area contributed by atoms with Crippen molar-refractivity contribution in [3.05, 3.63) is 35.4 Å². The molecule has 1 heterocycles. The molecule has 22 heavy (non-hydrogen) atoms. The van der Waals surface area contributed by atoms with E-state index < -0.39 is 5.97 Å². The average molecular weight is 303 g/mol. The van der Waals surface area contributed by atoms with Gasteiger partial charge in [-0.2, -0.15) is 0 Å². The Bertz CT molecular complexity index is 510. The SMILES string of the molecule is CCC1CCCN(C(=O)CCc2ccc(C(=O)O)cc2)CC1. The van der Waals surface area contributed by atoms with Gasteiger partial charge in [0.05, 0.1) is 5.56 Å². The molecule has 1 saturated heterocycles. The van der Waals surface area contributed by atoms with E-state index in [0.29, 0.717) is 12.8 Å². The van der Waals surface area contributed by atoms with Crippen molar-refractivity contribution in [2.24, 2.45) is 5.92 Å². The van der Waals surface area contributed by atoms with Crippen LogP contribution in [0, 0.1) is 5.92 Å². The van der Waals surface area contributed by atoms with Gasteiger partial charge in [0.25, 0.3) is 0 Å². The van der Waals surface area contributed by atoms with Gasteiger partial charge in [-0.25, -0.2) is 4.79 Å². The fourth-order valence-electron chi connectivity index (χ4n) is 3.05. The first-order chi connectivity index (χ1) is 10.6. The van der Waals surface area contributed by atoms with Crippen LogP contribution in [-0.2, 0) is 11.2 Å². The van der Waals surface area contributed by atoms with E-state index in [4.69, 9.17) is 5.11 Å². The van der Waals surface area contributed by atoms with E-state index in [1.165, 1.54) is 12.8 Å². The van der Waals surface area contributed by atoms with Crippen LogP contribution in [0.15, 0.2) is 24.3 Å². The maximum absolute atomic E-state index is 12.3. The molecular formula is C18H25NO3. The number of carboxylic acids is 1. The normalized spacial score (nSPS) is 18.8. The molecule has 0 saturated carbocycles. The van der Waals surface area contributed by atoms with E-state index in [1.54, 1.807) is 24.3 Å². The van der Waals surface area contributed by atoms with Gasteiger partial charge in [0, 0.05) is 19.5 Å². The zero-order valence-electron chi connectivity index (χ0n) is 13.3. The quantitative estimate of drug-likeness (QED) is 0.907. The molecule has 1 aliphatic rings. The number of amides is 1. The third kappa shape index (κ3) is 4.58. The highest BCUT2D eigenvalue weighted by molar-refractivity contribution is 5.87. The smallest absolute Gasteiger partial charge is 0.335 e. The summed E-state index contributed by atoms with van der Waals surface area (Å²) in [6.07, 6.45) is 5.84. The van der Waals surface area contributed by atoms with Crippen LogP contribution >= 0.6 is 0 Å². The van der Waals surface area contributed by atoms with Crippen molar-refractivity contribution in [2.45, 2.75) is 45.4 Å². The standard InChI is InChI=1S/C18H25NO3/c1-2-14-4-3-12-19(13-11-14)17(20)10-7-15-5-8-16(9-6-15)18(21)22/h5-6,8-9,14H,2-4,7,10-13H2,1H3,(H,21,22). The summed E-state index contributed by atoms with van der Waals surface area (Å²) in [5, 5.41) is 8.87. The van der Waals surface area contributed by atoms with Crippen LogP contribution in [0.2, 0.25) is 0 Å². The van der Waals surface area contributed by atoms with Gasteiger partial charge in [0.1, 0.15) is 0 Å². The third-order valence-electron chi connectivity index (χ3n) is 4.61. The molecule has 1 aromatic carbocycles. The molecule has 0 radical (unpaired) electrons. The van der Waals surface area contributed by atoms with Gasteiger partial charge in [-0.05, 0) is 49.3 Å². The van der Waals surface area contributed by atoms with Crippen molar-refractivity contribution in [1.82, 2.24) is 4.90 Å². The predicted molar refractivity (Wildman–Crippen MR) is 85.9 cm³/mol. The molecular weight excluding hydrogens is 278 g/mol. The average Bonchev–Trinajstić information content (AvgIpc) is 2.78. The second-order valence-electron chi connectivity index (χ2n) is 6.09. The maximum Gasteiger partial charge on any atom is 0.335 e. The van der Waals surface area contributed by atoms with Gasteiger partial charge in [-0.15, -0.1) is 0 Å². The van der Waals surface area contributed by atoms with E-state index in [1.807, 2.05) is 4.90 Å². The lowest BCUT2D eigenvalue weighted by Gasteiger charge is -2.20. The molecule has 1 N–H and O–H groups in total. The van der Waals surface area contributed by atoms with Crippen LogP contribution < -0.4 is 0 Å². The van der Waals surface area contributed by atoms with E-state index in [2.05, 4.69) is 6.92 Å². The Kier molecular flexibility index (Phi) is 5.99. The van der Waals surface area contributed by atoms with Crippen LogP contribution in [-0.4, -0.2) is 35.0 Å². The lowest BCUT2D eigenvalue weighted by Crippen LogP contribution is -2.32. The van der Waals surface area contributed by atoms with Crippen LogP contribution in [0.25, 0.3) is 0 Å². The number of carboxylic acid groups (broad SMARTS) is 1. The van der Waals surface area contributed by atoms with Crippen molar-refractivity contribution in [1.29, 1.82) is 0 Å². The molecule has 4 heteroatoms. The number of hydrogen-bond donors (Lipinski definition) is 1. The monoisotopic (exact) mass is 303 g/mol. The highest BCUT2D eigenvalue weighted by atomic mass is 16.4. The molecule has 1 atom stereocenters. The summed E-state index contributed by atoms with van der Waals surface area (Å²) in [6.45, 7) is 3.99. The fraction of sp³-hybridized carbons (Fsp3) is 0.556. The third-order valence-corrected chi connectivity index (χ3v) is 4.61. The van der Waals surface area contributed by atoms with Crippen molar-refractivity contribution in [2.75, 3.05) is 13.1 Å². The van der Waals surface area contributed by atoms with Gasteiger partial charge in [0.2, 0.25) is 5.91 Å². The number of benzene rings is 1. The highest BCUT2D eigenvalue weighted by Crippen LogP contribution is 2.20. The number of aryl methyl sites for hydroxylation is 1. The predicted octanol–water partition coefficient (Wildman–Crippen LogP) is 3.36. The molecule has 1 fully saturated rings. The lowest BCUT2D eigenvalue weighted by atomic mass is 9.98. The van der Waals surface area contributed by atoms with E-state index in [0.717, 1.165) is 37.4 Å². The zero-order valence-corrected chi connectivity index (χ0v) is 13.3. The zero-order chi connectivity index (χ0) is 15.9. The van der Waals surface area contributed by atoms with Crippen molar-refractivity contribution in [3.8, 4) is 0 Å². The molecule has 2 rings (SSSR count). The molecule has 4 nitrogen and oxygen atoms in total. The van der Waals surface area contributed by atoms with Gasteiger partial charge < -0.3 is 10.0 Å². The second-order valence-corrected chi connectivity index (χ2v) is 6.09. The summed E-state index contributed by atoms with van der Waals surface area (Å²) in [5.41, 5.74) is 1.30. The molecule has 0 aromatic heterocycles. The minimum atomic E-state index is -0.919. The molecule has 120 valence electrons. The number of carbonyl (C=O) groups is 2. The van der Waals surface area contributed by atoms with Gasteiger partial charge in [0.15, 0.2) is 0 Å². The van der Waals surface area contributed by atoms with Crippen molar-refractivity contribution >= 4 is 11.9 Å². The summed E-state index contributed by atoms with van der Waals surface area (Å²) in [7, 11) is 0. The first kappa shape index (κ1) is 16.5. The maximum atomic E-state index is 12.3. The number of nitrogens with zero attached hydrogens (tertiary/aromatic N) is 1. The Morgan fingerprint density at radius 2 is 1.91 bits per heavy atom. The summed E-state index contributed by atoms with van der Waals surface area (Å²) in [6, 6.07) is 6.79. The first-order valence-electron chi connectivity index (χ1n) is 8.20. The summed E-state index contributed by atoms with van der Waals surface area (Å²) >= 11 is 0. The number of likely N-dealkylation sites (tertiary alicyclic amines) is 1. The number of aromatic carboxylic acids is 1. The Hall–Kier alpha value is -1.84. The van der Waals surface area contributed by atoms with Crippen molar-refractivity contribution < 1.29 is 14.7 Å². The van der Waals surface area contributed by atoms with Gasteiger partial charge >= 0.3 is 5.97 Å². The molecule has 1 unspecified atom stereocenters. The van der Waals surface area contributed by atoms with Crippen molar-refractivity contribution in [3.63, 3.8) is 0 Å². The second kappa shape index (κ2) is 7.97. The van der Waals surface area contributed by atoms with E-state index in [-0.39, 0.29) is 11.5 Å². The number of rotatable bonds is 5. The minimum absolute atomic E-state index is 0.221.